The van der Waals surface area contributed by atoms with Crippen molar-refractivity contribution in [2.24, 2.45) is 5.92 Å². The Morgan fingerprint density at radius 3 is 2.05 bits per heavy atom. The van der Waals surface area contributed by atoms with Crippen LogP contribution in [0.15, 0.2) is 42.5 Å². The Labute approximate surface area is 209 Å². The summed E-state index contributed by atoms with van der Waals surface area (Å²) in [5.41, 5.74) is -2.58. The number of aliphatic hydroxyl groups is 1. The molecule has 1 N–H and O–H groups in total. The third-order valence-corrected chi connectivity index (χ3v) is 7.29. The van der Waals surface area contributed by atoms with Gasteiger partial charge >= 0.3 is 12.4 Å². The molecule has 0 bridgehead atoms. The SMILES string of the molecule is CC(O)C1CC(=O)N2C[C@H](O[C@H](C)c3cc(C(F)(F)F)cc(C(F)(F)F)c3)[C@@H](c3ccc(F)cc3)[C@@H]2C1. The fraction of sp³-hybridized carbons (Fsp3) is 0.500. The smallest absolute Gasteiger partial charge is 0.393 e. The topological polar surface area (TPSA) is 49.8 Å². The van der Waals surface area contributed by atoms with Gasteiger partial charge in [0.05, 0.1) is 29.4 Å². The van der Waals surface area contributed by atoms with Crippen molar-refractivity contribution in [1.29, 1.82) is 0 Å². The van der Waals surface area contributed by atoms with E-state index in [0.29, 0.717) is 24.1 Å². The van der Waals surface area contributed by atoms with Gasteiger partial charge in [0.1, 0.15) is 5.82 Å². The molecule has 4 nitrogen and oxygen atoms in total. The number of hydrogen-bond acceptors (Lipinski definition) is 3. The Balaban J connectivity index is 1.69. The minimum absolute atomic E-state index is 0.0578. The zero-order chi connectivity index (χ0) is 27.3. The number of fused-ring (bicyclic) bond motifs is 1. The van der Waals surface area contributed by atoms with Crippen molar-refractivity contribution in [3.8, 4) is 0 Å². The highest BCUT2D eigenvalue weighted by Gasteiger charge is 2.50. The van der Waals surface area contributed by atoms with E-state index in [0.717, 1.165) is 0 Å². The molecule has 2 fully saturated rings. The molecule has 11 heteroatoms. The van der Waals surface area contributed by atoms with E-state index >= 15 is 0 Å². The zero-order valence-electron chi connectivity index (χ0n) is 20.0. The minimum Gasteiger partial charge on any atom is -0.393 e. The van der Waals surface area contributed by atoms with Gasteiger partial charge in [0.2, 0.25) is 5.91 Å². The lowest BCUT2D eigenvalue weighted by Crippen LogP contribution is -2.46. The van der Waals surface area contributed by atoms with Gasteiger partial charge in [-0.05, 0) is 67.6 Å². The van der Waals surface area contributed by atoms with E-state index in [4.69, 9.17) is 4.74 Å². The third-order valence-electron chi connectivity index (χ3n) is 7.29. The molecule has 2 aromatic rings. The fourth-order valence-electron chi connectivity index (χ4n) is 5.35. The first-order chi connectivity index (χ1) is 17.1. The molecular weight excluding hydrogens is 507 g/mol. The lowest BCUT2D eigenvalue weighted by atomic mass is 9.80. The Morgan fingerprint density at radius 2 is 1.54 bits per heavy atom. The second kappa shape index (κ2) is 9.90. The van der Waals surface area contributed by atoms with Crippen molar-refractivity contribution >= 4 is 5.91 Å². The largest absolute Gasteiger partial charge is 0.416 e. The lowest BCUT2D eigenvalue weighted by molar-refractivity contribution is -0.143. The van der Waals surface area contributed by atoms with Gasteiger partial charge in [-0.25, -0.2) is 4.39 Å². The van der Waals surface area contributed by atoms with Gasteiger partial charge < -0.3 is 14.7 Å². The summed E-state index contributed by atoms with van der Waals surface area (Å²) in [5, 5.41) is 10.1. The number of hydrogen-bond donors (Lipinski definition) is 1. The van der Waals surface area contributed by atoms with E-state index in [1.54, 1.807) is 11.8 Å². The molecule has 6 atom stereocenters. The number of carbonyl (C=O) groups is 1. The maximum Gasteiger partial charge on any atom is 0.416 e. The summed E-state index contributed by atoms with van der Waals surface area (Å²) < 4.78 is 99.9. The number of halogens is 7. The monoisotopic (exact) mass is 533 g/mol. The van der Waals surface area contributed by atoms with Gasteiger partial charge in [0.25, 0.3) is 0 Å². The van der Waals surface area contributed by atoms with Crippen LogP contribution in [0.1, 0.15) is 61.0 Å². The number of amides is 1. The predicted octanol–water partition coefficient (Wildman–Crippen LogP) is 6.09. The first-order valence-electron chi connectivity index (χ1n) is 11.8. The lowest BCUT2D eigenvalue weighted by Gasteiger charge is -2.38. The van der Waals surface area contributed by atoms with Crippen LogP contribution in [0.2, 0.25) is 0 Å². The molecule has 2 aliphatic rings. The second-order valence-electron chi connectivity index (χ2n) is 9.79. The summed E-state index contributed by atoms with van der Waals surface area (Å²) in [6, 6.07) is 6.39. The highest BCUT2D eigenvalue weighted by molar-refractivity contribution is 5.78. The van der Waals surface area contributed by atoms with Gasteiger partial charge in [-0.1, -0.05) is 12.1 Å². The number of carbonyl (C=O) groups excluding carboxylic acids is 1. The van der Waals surface area contributed by atoms with Crippen LogP contribution in [0.3, 0.4) is 0 Å². The molecule has 2 saturated heterocycles. The molecule has 37 heavy (non-hydrogen) atoms. The molecule has 0 aliphatic carbocycles. The van der Waals surface area contributed by atoms with Crippen molar-refractivity contribution in [3.63, 3.8) is 0 Å². The summed E-state index contributed by atoms with van der Waals surface area (Å²) >= 11 is 0. The number of alkyl halides is 6. The maximum atomic E-state index is 13.6. The normalized spacial score (nSPS) is 26.2. The second-order valence-corrected chi connectivity index (χ2v) is 9.79. The quantitative estimate of drug-likeness (QED) is 0.473. The van der Waals surface area contributed by atoms with Gasteiger partial charge in [-0.2, -0.15) is 26.3 Å². The molecule has 2 heterocycles. The van der Waals surface area contributed by atoms with E-state index < -0.39 is 59.6 Å². The van der Waals surface area contributed by atoms with E-state index in [2.05, 4.69) is 0 Å². The van der Waals surface area contributed by atoms with Crippen LogP contribution < -0.4 is 0 Å². The summed E-state index contributed by atoms with van der Waals surface area (Å²) in [6.45, 7) is 3.00. The molecule has 2 aromatic carbocycles. The maximum absolute atomic E-state index is 13.6. The zero-order valence-corrected chi connectivity index (χ0v) is 20.0. The summed E-state index contributed by atoms with van der Waals surface area (Å²) in [7, 11) is 0. The van der Waals surface area contributed by atoms with Crippen LogP contribution in [0.5, 0.6) is 0 Å². The van der Waals surface area contributed by atoms with Gasteiger partial charge in [-0.15, -0.1) is 0 Å². The number of rotatable bonds is 5. The number of piperidine rings is 1. The van der Waals surface area contributed by atoms with E-state index in [-0.39, 0.29) is 36.4 Å². The molecule has 2 unspecified atom stereocenters. The molecule has 4 rings (SSSR count). The molecular formula is C26H26F7NO3. The number of ether oxygens (including phenoxy) is 1. The van der Waals surface area contributed by atoms with Crippen molar-refractivity contribution in [3.05, 3.63) is 70.5 Å². The molecule has 202 valence electrons. The average molecular weight is 533 g/mol. The Kier molecular flexibility index (Phi) is 7.33. The molecule has 2 aliphatic heterocycles. The Bertz CT molecular complexity index is 1100. The van der Waals surface area contributed by atoms with Crippen LogP contribution in [-0.2, 0) is 21.9 Å². The van der Waals surface area contributed by atoms with E-state index in [1.807, 2.05) is 0 Å². The predicted molar refractivity (Wildman–Crippen MR) is 119 cm³/mol. The fourth-order valence-corrected chi connectivity index (χ4v) is 5.35. The van der Waals surface area contributed by atoms with E-state index in [9.17, 15) is 40.6 Å². The first-order valence-corrected chi connectivity index (χ1v) is 11.8. The van der Waals surface area contributed by atoms with Crippen molar-refractivity contribution in [2.75, 3.05) is 6.54 Å². The number of benzene rings is 2. The van der Waals surface area contributed by atoms with Crippen LogP contribution in [0.25, 0.3) is 0 Å². The molecule has 0 radical (unpaired) electrons. The van der Waals surface area contributed by atoms with Gasteiger partial charge in [0, 0.05) is 24.9 Å². The number of aliphatic hydroxyl groups excluding tert-OH is 1. The first kappa shape index (κ1) is 27.4. The summed E-state index contributed by atoms with van der Waals surface area (Å²) in [5.74, 6) is -1.58. The van der Waals surface area contributed by atoms with Gasteiger partial charge in [0.15, 0.2) is 0 Å². The van der Waals surface area contributed by atoms with Crippen molar-refractivity contribution in [1.82, 2.24) is 4.90 Å². The van der Waals surface area contributed by atoms with Crippen LogP contribution >= 0.6 is 0 Å². The molecule has 0 aromatic heterocycles. The van der Waals surface area contributed by atoms with Crippen LogP contribution in [-0.4, -0.2) is 40.7 Å². The molecule has 1 amide bonds. The highest BCUT2D eigenvalue weighted by Crippen LogP contribution is 2.45. The van der Waals surface area contributed by atoms with E-state index in [1.165, 1.54) is 31.2 Å². The third kappa shape index (κ3) is 5.77. The van der Waals surface area contributed by atoms with Crippen molar-refractivity contribution in [2.45, 2.75) is 69.3 Å². The molecule has 0 spiro atoms. The highest BCUT2D eigenvalue weighted by atomic mass is 19.4. The van der Waals surface area contributed by atoms with Crippen LogP contribution in [0, 0.1) is 11.7 Å². The average Bonchev–Trinajstić information content (AvgIpc) is 3.16. The standard InChI is InChI=1S/C26H26F7NO3/c1-13(35)16-9-21-24(15-3-5-20(27)6-4-15)22(12-34(21)23(36)10-16)37-14(2)17-7-18(25(28,29)30)11-19(8-17)26(31,32)33/h3-8,11,13-14,16,21-22,24,35H,9-10,12H2,1-2H3/t13?,14-,16?,21+,22+,24+/m1/s1. The van der Waals surface area contributed by atoms with Crippen molar-refractivity contribution < 1.29 is 45.4 Å². The summed E-state index contributed by atoms with van der Waals surface area (Å²) in [4.78, 5) is 14.5. The minimum atomic E-state index is -5.00. The molecule has 0 saturated carbocycles. The Hall–Kier alpha value is -2.66. The van der Waals surface area contributed by atoms with Crippen LogP contribution in [0.4, 0.5) is 30.7 Å². The number of nitrogens with zero attached hydrogens (tertiary/aromatic N) is 1. The van der Waals surface area contributed by atoms with Gasteiger partial charge in [-0.3, -0.25) is 4.79 Å². The summed E-state index contributed by atoms with van der Waals surface area (Å²) in [6.07, 6.45) is -12.2. The Morgan fingerprint density at radius 1 is 0.973 bits per heavy atom.